The van der Waals surface area contributed by atoms with Gasteiger partial charge in [0, 0.05) is 38.1 Å². The predicted octanol–water partition coefficient (Wildman–Crippen LogP) is 1.84. The van der Waals surface area contributed by atoms with Crippen LogP contribution < -0.4 is 4.90 Å². The zero-order chi connectivity index (χ0) is 10.7. The molecule has 0 N–H and O–H groups in total. The van der Waals surface area contributed by atoms with E-state index in [1.807, 2.05) is 6.07 Å². The van der Waals surface area contributed by atoms with Gasteiger partial charge in [0.15, 0.2) is 0 Å². The van der Waals surface area contributed by atoms with E-state index in [9.17, 15) is 4.39 Å². The third-order valence-electron chi connectivity index (χ3n) is 2.85. The number of anilines is 1. The van der Waals surface area contributed by atoms with Gasteiger partial charge in [-0.3, -0.25) is 0 Å². The van der Waals surface area contributed by atoms with Gasteiger partial charge in [-0.15, -0.1) is 0 Å². The summed E-state index contributed by atoms with van der Waals surface area (Å²) in [4.78, 5) is 5.71. The lowest BCUT2D eigenvalue weighted by Crippen LogP contribution is -2.36. The summed E-state index contributed by atoms with van der Waals surface area (Å²) in [6.07, 6.45) is 3.86. The van der Waals surface area contributed by atoms with Crippen LogP contribution in [-0.4, -0.2) is 31.3 Å². The second-order valence-electron chi connectivity index (χ2n) is 3.76. The van der Waals surface area contributed by atoms with E-state index in [0.29, 0.717) is 6.10 Å². The average Bonchev–Trinajstić information content (AvgIpc) is 2.29. The molecule has 1 aliphatic heterocycles. The molecule has 0 spiro atoms. The van der Waals surface area contributed by atoms with Gasteiger partial charge >= 0.3 is 0 Å². The van der Waals surface area contributed by atoms with Crippen molar-refractivity contribution < 1.29 is 9.13 Å². The highest BCUT2D eigenvalue weighted by Gasteiger charge is 2.18. The Kier molecular flexibility index (Phi) is 3.16. The highest BCUT2D eigenvalue weighted by molar-refractivity contribution is 5.45. The first-order valence-electron chi connectivity index (χ1n) is 5.19. The van der Waals surface area contributed by atoms with Crippen LogP contribution in [0.2, 0.25) is 0 Å². The van der Waals surface area contributed by atoms with Crippen molar-refractivity contribution in [3.05, 3.63) is 24.3 Å². The number of halogens is 1. The fourth-order valence-electron chi connectivity index (χ4n) is 1.94. The summed E-state index contributed by atoms with van der Waals surface area (Å²) in [5.74, 6) is -0.415. The third kappa shape index (κ3) is 2.45. The molecule has 1 fully saturated rings. The van der Waals surface area contributed by atoms with Gasteiger partial charge in [0.05, 0.1) is 6.10 Å². The zero-order valence-electron chi connectivity index (χ0n) is 8.82. The van der Waals surface area contributed by atoms with Crippen molar-refractivity contribution >= 4 is 5.69 Å². The first-order chi connectivity index (χ1) is 7.29. The fourth-order valence-corrected chi connectivity index (χ4v) is 1.94. The van der Waals surface area contributed by atoms with E-state index < -0.39 is 5.95 Å². The van der Waals surface area contributed by atoms with Crippen molar-refractivity contribution in [3.63, 3.8) is 0 Å². The van der Waals surface area contributed by atoms with Gasteiger partial charge in [-0.05, 0) is 18.9 Å². The Morgan fingerprint density at radius 1 is 1.47 bits per heavy atom. The van der Waals surface area contributed by atoms with Crippen LogP contribution >= 0.6 is 0 Å². The van der Waals surface area contributed by atoms with Crippen LogP contribution in [-0.2, 0) is 4.74 Å². The highest BCUT2D eigenvalue weighted by Crippen LogP contribution is 2.20. The molecule has 1 aromatic heterocycles. The standard InChI is InChI=1S/C11H15FN2O/c1-15-10-3-6-14(7-4-10)9-2-5-13-11(12)8-9/h2,5,8,10H,3-4,6-7H2,1H3. The Bertz CT molecular complexity index is 324. The maximum Gasteiger partial charge on any atom is 0.214 e. The SMILES string of the molecule is COC1CCN(c2ccnc(F)c2)CC1. The lowest BCUT2D eigenvalue weighted by atomic mass is 10.1. The van der Waals surface area contributed by atoms with Crippen LogP contribution in [0.15, 0.2) is 18.3 Å². The molecule has 0 bridgehead atoms. The van der Waals surface area contributed by atoms with Crippen molar-refractivity contribution in [2.24, 2.45) is 0 Å². The first-order valence-corrected chi connectivity index (χ1v) is 5.19. The third-order valence-corrected chi connectivity index (χ3v) is 2.85. The lowest BCUT2D eigenvalue weighted by Gasteiger charge is -2.32. The Labute approximate surface area is 88.9 Å². The van der Waals surface area contributed by atoms with Crippen LogP contribution in [0.1, 0.15) is 12.8 Å². The molecule has 0 atom stereocenters. The second kappa shape index (κ2) is 4.57. The first kappa shape index (κ1) is 10.4. The quantitative estimate of drug-likeness (QED) is 0.696. The van der Waals surface area contributed by atoms with E-state index in [-0.39, 0.29) is 0 Å². The number of hydrogen-bond donors (Lipinski definition) is 0. The fraction of sp³-hybridized carbons (Fsp3) is 0.545. The van der Waals surface area contributed by atoms with E-state index in [4.69, 9.17) is 4.74 Å². The van der Waals surface area contributed by atoms with Crippen molar-refractivity contribution in [2.75, 3.05) is 25.1 Å². The minimum absolute atomic E-state index is 0.355. The summed E-state index contributed by atoms with van der Waals surface area (Å²) in [5, 5.41) is 0. The van der Waals surface area contributed by atoms with Gasteiger partial charge in [0.2, 0.25) is 5.95 Å². The summed E-state index contributed by atoms with van der Waals surface area (Å²) in [6.45, 7) is 1.84. The minimum atomic E-state index is -0.415. The molecule has 0 aromatic carbocycles. The van der Waals surface area contributed by atoms with Crippen LogP contribution in [0.25, 0.3) is 0 Å². The van der Waals surface area contributed by atoms with Gasteiger partial charge in [-0.25, -0.2) is 4.98 Å². The largest absolute Gasteiger partial charge is 0.381 e. The van der Waals surface area contributed by atoms with Gasteiger partial charge in [-0.1, -0.05) is 0 Å². The van der Waals surface area contributed by atoms with E-state index in [1.165, 1.54) is 12.3 Å². The molecule has 1 aliphatic rings. The smallest absolute Gasteiger partial charge is 0.214 e. The molecule has 2 heterocycles. The normalized spacial score (nSPS) is 18.1. The molecule has 0 radical (unpaired) electrons. The number of ether oxygens (including phenoxy) is 1. The molecule has 15 heavy (non-hydrogen) atoms. The number of rotatable bonds is 2. The highest BCUT2D eigenvalue weighted by atomic mass is 19.1. The summed E-state index contributed by atoms with van der Waals surface area (Å²) >= 11 is 0. The Balaban J connectivity index is 2.01. The maximum atomic E-state index is 12.9. The maximum absolute atomic E-state index is 12.9. The topological polar surface area (TPSA) is 25.4 Å². The van der Waals surface area contributed by atoms with Crippen LogP contribution in [0.3, 0.4) is 0 Å². The average molecular weight is 210 g/mol. The summed E-state index contributed by atoms with van der Waals surface area (Å²) in [5.41, 5.74) is 0.914. The zero-order valence-corrected chi connectivity index (χ0v) is 8.82. The van der Waals surface area contributed by atoms with Gasteiger partial charge in [0.1, 0.15) is 0 Å². The molecule has 0 amide bonds. The number of hydrogen-bond acceptors (Lipinski definition) is 3. The van der Waals surface area contributed by atoms with Gasteiger partial charge in [-0.2, -0.15) is 4.39 Å². The molecule has 82 valence electrons. The molecule has 1 saturated heterocycles. The summed E-state index contributed by atoms with van der Waals surface area (Å²) < 4.78 is 18.2. The van der Waals surface area contributed by atoms with Crippen LogP contribution in [0.4, 0.5) is 10.1 Å². The van der Waals surface area contributed by atoms with E-state index in [2.05, 4.69) is 9.88 Å². The second-order valence-corrected chi connectivity index (χ2v) is 3.76. The summed E-state index contributed by atoms with van der Waals surface area (Å²) in [7, 11) is 1.74. The van der Waals surface area contributed by atoms with Gasteiger partial charge in [0.25, 0.3) is 0 Å². The molecule has 3 nitrogen and oxygen atoms in total. The molecule has 0 unspecified atom stereocenters. The Morgan fingerprint density at radius 3 is 2.80 bits per heavy atom. The molecular weight excluding hydrogens is 195 g/mol. The number of aromatic nitrogens is 1. The minimum Gasteiger partial charge on any atom is -0.381 e. The molecular formula is C11H15FN2O. The molecule has 2 rings (SSSR count). The summed E-state index contributed by atoms with van der Waals surface area (Å²) in [6, 6.07) is 3.32. The number of nitrogens with zero attached hydrogens (tertiary/aromatic N) is 2. The molecule has 1 aromatic rings. The monoisotopic (exact) mass is 210 g/mol. The Morgan fingerprint density at radius 2 is 2.20 bits per heavy atom. The van der Waals surface area contributed by atoms with Crippen molar-refractivity contribution in [2.45, 2.75) is 18.9 Å². The van der Waals surface area contributed by atoms with E-state index in [0.717, 1.165) is 31.6 Å². The van der Waals surface area contributed by atoms with Crippen molar-refractivity contribution in [3.8, 4) is 0 Å². The predicted molar refractivity (Wildman–Crippen MR) is 56.4 cm³/mol. The van der Waals surface area contributed by atoms with E-state index >= 15 is 0 Å². The molecule has 0 aliphatic carbocycles. The van der Waals surface area contributed by atoms with E-state index in [1.54, 1.807) is 7.11 Å². The number of piperidine rings is 1. The van der Waals surface area contributed by atoms with Crippen LogP contribution in [0, 0.1) is 5.95 Å². The van der Waals surface area contributed by atoms with Gasteiger partial charge < -0.3 is 9.64 Å². The Hall–Kier alpha value is -1.16. The molecule has 0 saturated carbocycles. The number of pyridine rings is 1. The van der Waals surface area contributed by atoms with Crippen molar-refractivity contribution in [1.29, 1.82) is 0 Å². The van der Waals surface area contributed by atoms with Crippen LogP contribution in [0.5, 0.6) is 0 Å². The lowest BCUT2D eigenvalue weighted by molar-refractivity contribution is 0.0819. The number of methoxy groups -OCH3 is 1. The van der Waals surface area contributed by atoms with Crippen molar-refractivity contribution in [1.82, 2.24) is 4.98 Å². The molecule has 4 heteroatoms.